The first-order valence-corrected chi connectivity index (χ1v) is 7.48. The molecule has 0 aromatic heterocycles. The van der Waals surface area contributed by atoms with Crippen LogP contribution < -0.4 is 4.72 Å². The van der Waals surface area contributed by atoms with Gasteiger partial charge in [-0.1, -0.05) is 26.8 Å². The zero-order valence-corrected chi connectivity index (χ0v) is 11.8. The van der Waals surface area contributed by atoms with Crippen LogP contribution in [-0.2, 0) is 16.6 Å². The lowest BCUT2D eigenvalue weighted by Crippen LogP contribution is -2.35. The second-order valence-electron chi connectivity index (χ2n) is 3.90. The lowest BCUT2D eigenvalue weighted by atomic mass is 10.1. The molecule has 0 atom stereocenters. The number of nitrogens with zero attached hydrogens (tertiary/aromatic N) is 1. The highest BCUT2D eigenvalue weighted by Crippen LogP contribution is 2.26. The van der Waals surface area contributed by atoms with Crippen molar-refractivity contribution < 1.29 is 13.5 Å². The predicted molar refractivity (Wildman–Crippen MR) is 72.9 cm³/mol. The number of nitrogens with one attached hydrogen (secondary N) is 1. The Morgan fingerprint density at radius 2 is 1.83 bits per heavy atom. The van der Waals surface area contributed by atoms with Crippen LogP contribution in [0, 0.1) is 0 Å². The maximum atomic E-state index is 12.0. The maximum Gasteiger partial charge on any atom is 0.301 e. The van der Waals surface area contributed by atoms with E-state index in [2.05, 4.69) is 4.72 Å². The lowest BCUT2D eigenvalue weighted by molar-refractivity contribution is 0.448. The van der Waals surface area contributed by atoms with Gasteiger partial charge in [-0.25, -0.2) is 0 Å². The van der Waals surface area contributed by atoms with Crippen LogP contribution in [0.15, 0.2) is 18.2 Å². The Morgan fingerprint density at radius 1 is 1.22 bits per heavy atom. The number of aryl methyl sites for hydroxylation is 1. The normalized spacial score (nSPS) is 11.8. The standard InChI is InChI=1S/C12H20N2O3S/c1-4-10-7-8-12(15)11(9-10)13-18(16,17)14(5-2)6-3/h7-9,13,15H,4-6H2,1-3H3. The van der Waals surface area contributed by atoms with Crippen LogP contribution >= 0.6 is 0 Å². The van der Waals surface area contributed by atoms with Gasteiger partial charge >= 0.3 is 10.2 Å². The average molecular weight is 272 g/mol. The predicted octanol–water partition coefficient (Wildman–Crippen LogP) is 1.95. The van der Waals surface area contributed by atoms with E-state index in [9.17, 15) is 13.5 Å². The fourth-order valence-corrected chi connectivity index (χ4v) is 2.90. The van der Waals surface area contributed by atoms with Crippen molar-refractivity contribution in [3.63, 3.8) is 0 Å². The molecular weight excluding hydrogens is 252 g/mol. The number of hydrogen-bond donors (Lipinski definition) is 2. The summed E-state index contributed by atoms with van der Waals surface area (Å²) in [6.45, 7) is 6.28. The molecule has 0 spiro atoms. The molecule has 6 heteroatoms. The van der Waals surface area contributed by atoms with Gasteiger partial charge in [0.2, 0.25) is 0 Å². The van der Waals surface area contributed by atoms with Crippen molar-refractivity contribution in [3.8, 4) is 5.75 Å². The van der Waals surface area contributed by atoms with Crippen molar-refractivity contribution >= 4 is 15.9 Å². The van der Waals surface area contributed by atoms with Gasteiger partial charge in [0, 0.05) is 13.1 Å². The van der Waals surface area contributed by atoms with E-state index < -0.39 is 10.2 Å². The number of rotatable bonds is 6. The number of benzene rings is 1. The highest BCUT2D eigenvalue weighted by molar-refractivity contribution is 7.90. The number of aromatic hydroxyl groups is 1. The molecular formula is C12H20N2O3S. The van der Waals surface area contributed by atoms with E-state index in [0.717, 1.165) is 12.0 Å². The van der Waals surface area contributed by atoms with Crippen LogP contribution in [0.3, 0.4) is 0 Å². The fourth-order valence-electron chi connectivity index (χ4n) is 1.65. The fraction of sp³-hybridized carbons (Fsp3) is 0.500. The summed E-state index contributed by atoms with van der Waals surface area (Å²) in [6, 6.07) is 4.92. The van der Waals surface area contributed by atoms with Crippen molar-refractivity contribution in [1.29, 1.82) is 0 Å². The molecule has 0 bridgehead atoms. The topological polar surface area (TPSA) is 69.6 Å². The number of phenols is 1. The molecule has 0 saturated heterocycles. The van der Waals surface area contributed by atoms with Crippen LogP contribution in [0.25, 0.3) is 0 Å². The average Bonchev–Trinajstić information content (AvgIpc) is 2.33. The first-order valence-electron chi connectivity index (χ1n) is 6.04. The van der Waals surface area contributed by atoms with Crippen LogP contribution in [-0.4, -0.2) is 30.9 Å². The Balaban J connectivity index is 3.03. The van der Waals surface area contributed by atoms with Crippen molar-refractivity contribution in [2.45, 2.75) is 27.2 Å². The molecule has 0 saturated carbocycles. The van der Waals surface area contributed by atoms with E-state index in [1.807, 2.05) is 6.92 Å². The van der Waals surface area contributed by atoms with Crippen LogP contribution in [0.4, 0.5) is 5.69 Å². The van der Waals surface area contributed by atoms with Gasteiger partial charge in [0.25, 0.3) is 0 Å². The molecule has 5 nitrogen and oxygen atoms in total. The molecule has 0 aliphatic carbocycles. The van der Waals surface area contributed by atoms with Crippen LogP contribution in [0.5, 0.6) is 5.75 Å². The monoisotopic (exact) mass is 272 g/mol. The van der Waals surface area contributed by atoms with E-state index in [1.54, 1.807) is 26.0 Å². The Hall–Kier alpha value is -1.27. The van der Waals surface area contributed by atoms with Crippen molar-refractivity contribution in [2.24, 2.45) is 0 Å². The number of hydrogen-bond acceptors (Lipinski definition) is 3. The van der Waals surface area contributed by atoms with E-state index in [1.165, 1.54) is 10.4 Å². The summed E-state index contributed by atoms with van der Waals surface area (Å²) in [6.07, 6.45) is 0.778. The van der Waals surface area contributed by atoms with E-state index in [0.29, 0.717) is 13.1 Å². The first-order chi connectivity index (χ1) is 8.44. The highest BCUT2D eigenvalue weighted by atomic mass is 32.2. The third-order valence-corrected chi connectivity index (χ3v) is 4.43. The number of phenolic OH excluding ortho intramolecular Hbond substituents is 1. The molecule has 0 radical (unpaired) electrons. The molecule has 1 aromatic carbocycles. The van der Waals surface area contributed by atoms with E-state index in [-0.39, 0.29) is 11.4 Å². The van der Waals surface area contributed by atoms with Gasteiger partial charge < -0.3 is 5.11 Å². The third-order valence-electron chi connectivity index (χ3n) is 2.75. The minimum absolute atomic E-state index is 0.0667. The molecule has 1 rings (SSSR count). The van der Waals surface area contributed by atoms with Gasteiger partial charge in [-0.2, -0.15) is 12.7 Å². The van der Waals surface area contributed by atoms with Crippen LogP contribution in [0.1, 0.15) is 26.3 Å². The highest BCUT2D eigenvalue weighted by Gasteiger charge is 2.19. The zero-order chi connectivity index (χ0) is 13.8. The second-order valence-corrected chi connectivity index (χ2v) is 5.57. The summed E-state index contributed by atoms with van der Waals surface area (Å²) < 4.78 is 27.7. The molecule has 0 unspecified atom stereocenters. The Morgan fingerprint density at radius 3 is 2.33 bits per heavy atom. The Labute approximate surface area is 109 Å². The largest absolute Gasteiger partial charge is 0.506 e. The summed E-state index contributed by atoms with van der Waals surface area (Å²) in [5.74, 6) is -0.0667. The molecule has 2 N–H and O–H groups in total. The van der Waals surface area contributed by atoms with E-state index in [4.69, 9.17) is 0 Å². The van der Waals surface area contributed by atoms with Crippen molar-refractivity contribution in [2.75, 3.05) is 17.8 Å². The zero-order valence-electron chi connectivity index (χ0n) is 11.0. The van der Waals surface area contributed by atoms with Gasteiger partial charge in [0.05, 0.1) is 5.69 Å². The maximum absolute atomic E-state index is 12.0. The minimum atomic E-state index is -3.60. The van der Waals surface area contributed by atoms with Gasteiger partial charge in [-0.3, -0.25) is 4.72 Å². The van der Waals surface area contributed by atoms with Crippen molar-refractivity contribution in [1.82, 2.24) is 4.31 Å². The molecule has 18 heavy (non-hydrogen) atoms. The first kappa shape index (κ1) is 14.8. The molecule has 1 aromatic rings. The van der Waals surface area contributed by atoms with Crippen molar-refractivity contribution in [3.05, 3.63) is 23.8 Å². The molecule has 0 amide bonds. The van der Waals surface area contributed by atoms with Gasteiger partial charge in [-0.05, 0) is 24.1 Å². The summed E-state index contributed by atoms with van der Waals surface area (Å²) in [4.78, 5) is 0. The Kier molecular flexibility index (Phi) is 4.98. The molecule has 0 heterocycles. The third kappa shape index (κ3) is 3.36. The van der Waals surface area contributed by atoms with Crippen LogP contribution in [0.2, 0.25) is 0 Å². The minimum Gasteiger partial charge on any atom is -0.506 e. The van der Waals surface area contributed by atoms with Gasteiger partial charge in [0.15, 0.2) is 0 Å². The lowest BCUT2D eigenvalue weighted by Gasteiger charge is -2.20. The summed E-state index contributed by atoms with van der Waals surface area (Å²) in [5.41, 5.74) is 1.19. The smallest absolute Gasteiger partial charge is 0.301 e. The van der Waals surface area contributed by atoms with Gasteiger partial charge in [0.1, 0.15) is 5.75 Å². The molecule has 0 aliphatic heterocycles. The quantitative estimate of drug-likeness (QED) is 0.778. The SMILES string of the molecule is CCc1ccc(O)c(NS(=O)(=O)N(CC)CC)c1. The molecule has 102 valence electrons. The Bertz CT molecular complexity index is 496. The summed E-state index contributed by atoms with van der Waals surface area (Å²) in [7, 11) is -3.60. The second kappa shape index (κ2) is 6.06. The molecule has 0 fully saturated rings. The van der Waals surface area contributed by atoms with E-state index >= 15 is 0 Å². The number of anilines is 1. The van der Waals surface area contributed by atoms with Gasteiger partial charge in [-0.15, -0.1) is 0 Å². The molecule has 0 aliphatic rings. The summed E-state index contributed by atoms with van der Waals surface area (Å²) in [5, 5.41) is 9.68. The summed E-state index contributed by atoms with van der Waals surface area (Å²) >= 11 is 0.